The van der Waals surface area contributed by atoms with Crippen LogP contribution in [0.15, 0.2) is 36.5 Å². The summed E-state index contributed by atoms with van der Waals surface area (Å²) in [5, 5.41) is 9.18. The molecule has 28 heavy (non-hydrogen) atoms. The SMILES string of the molecule is [C-]#[N+]c1ccc(N2C(=O)C(C)(C)N(c3ccc(OCCO)nc3)C2=S)cc1C. The number of hydrogen-bond donors (Lipinski definition) is 1. The minimum absolute atomic E-state index is 0.0954. The van der Waals surface area contributed by atoms with Crippen LogP contribution in [0, 0.1) is 13.5 Å². The molecule has 1 amide bonds. The normalized spacial score (nSPS) is 15.7. The van der Waals surface area contributed by atoms with E-state index in [1.165, 1.54) is 4.90 Å². The lowest BCUT2D eigenvalue weighted by atomic mass is 10.0. The zero-order valence-corrected chi connectivity index (χ0v) is 16.7. The number of rotatable bonds is 5. The van der Waals surface area contributed by atoms with Crippen LogP contribution in [0.1, 0.15) is 19.4 Å². The van der Waals surface area contributed by atoms with E-state index in [2.05, 4.69) is 9.83 Å². The number of amides is 1. The summed E-state index contributed by atoms with van der Waals surface area (Å²) in [6.07, 6.45) is 1.59. The summed E-state index contributed by atoms with van der Waals surface area (Å²) in [6, 6.07) is 8.66. The predicted octanol–water partition coefficient (Wildman–Crippen LogP) is 3.23. The summed E-state index contributed by atoms with van der Waals surface area (Å²) in [5.41, 5.74) is 1.72. The van der Waals surface area contributed by atoms with Gasteiger partial charge in [0, 0.05) is 11.8 Å². The average Bonchev–Trinajstić information content (AvgIpc) is 2.85. The van der Waals surface area contributed by atoms with Gasteiger partial charge in [0.2, 0.25) is 5.88 Å². The Bertz CT molecular complexity index is 966. The van der Waals surface area contributed by atoms with Crippen LogP contribution in [0.25, 0.3) is 4.85 Å². The van der Waals surface area contributed by atoms with Gasteiger partial charge in [-0.2, -0.15) is 0 Å². The summed E-state index contributed by atoms with van der Waals surface area (Å²) >= 11 is 5.64. The molecule has 1 aromatic heterocycles. The Kier molecular flexibility index (Phi) is 5.31. The third-order valence-electron chi connectivity index (χ3n) is 4.55. The monoisotopic (exact) mass is 396 g/mol. The number of anilines is 2. The number of benzene rings is 1. The maximum Gasteiger partial charge on any atom is 0.259 e. The third kappa shape index (κ3) is 3.30. The van der Waals surface area contributed by atoms with Crippen molar-refractivity contribution in [3.05, 3.63) is 53.5 Å². The highest BCUT2D eigenvalue weighted by Gasteiger charge is 2.50. The molecular formula is C20H20N4O3S. The second-order valence-electron chi connectivity index (χ2n) is 6.83. The van der Waals surface area contributed by atoms with Crippen molar-refractivity contribution >= 4 is 40.3 Å². The van der Waals surface area contributed by atoms with Crippen LogP contribution in [0.2, 0.25) is 0 Å². The molecule has 2 aromatic rings. The molecule has 8 heteroatoms. The zero-order valence-electron chi connectivity index (χ0n) is 15.8. The van der Waals surface area contributed by atoms with Crippen LogP contribution in [0.3, 0.4) is 0 Å². The Morgan fingerprint density at radius 2 is 2.00 bits per heavy atom. The van der Waals surface area contributed by atoms with E-state index >= 15 is 0 Å². The number of pyridine rings is 1. The summed E-state index contributed by atoms with van der Waals surface area (Å²) in [5.74, 6) is 0.224. The number of aliphatic hydroxyl groups is 1. The highest BCUT2D eigenvalue weighted by atomic mass is 32.1. The molecule has 0 spiro atoms. The molecule has 1 aromatic carbocycles. The van der Waals surface area contributed by atoms with Gasteiger partial charge >= 0.3 is 0 Å². The Labute approximate surface area is 169 Å². The number of aliphatic hydroxyl groups excluding tert-OH is 1. The van der Waals surface area contributed by atoms with Crippen molar-refractivity contribution in [1.29, 1.82) is 0 Å². The second-order valence-corrected chi connectivity index (χ2v) is 7.19. The van der Waals surface area contributed by atoms with Crippen molar-refractivity contribution in [3.8, 4) is 5.88 Å². The number of carbonyl (C=O) groups excluding carboxylic acids is 1. The van der Waals surface area contributed by atoms with Crippen molar-refractivity contribution in [2.75, 3.05) is 23.0 Å². The van der Waals surface area contributed by atoms with Gasteiger partial charge in [0.15, 0.2) is 10.8 Å². The van der Waals surface area contributed by atoms with Gasteiger partial charge in [-0.25, -0.2) is 9.83 Å². The van der Waals surface area contributed by atoms with Crippen LogP contribution in [-0.4, -0.2) is 39.9 Å². The van der Waals surface area contributed by atoms with Crippen LogP contribution in [0.4, 0.5) is 17.1 Å². The van der Waals surface area contributed by atoms with Crippen LogP contribution in [-0.2, 0) is 4.79 Å². The fourth-order valence-electron chi connectivity index (χ4n) is 3.10. The molecule has 1 fully saturated rings. The van der Waals surface area contributed by atoms with Crippen molar-refractivity contribution in [1.82, 2.24) is 4.98 Å². The number of ether oxygens (including phenoxy) is 1. The van der Waals surface area contributed by atoms with E-state index in [0.717, 1.165) is 5.56 Å². The molecule has 1 aliphatic heterocycles. The van der Waals surface area contributed by atoms with Gasteiger partial charge < -0.3 is 14.7 Å². The van der Waals surface area contributed by atoms with Gasteiger partial charge in [0.05, 0.1) is 25.1 Å². The topological polar surface area (TPSA) is 70.3 Å². The molecule has 0 atom stereocenters. The van der Waals surface area contributed by atoms with E-state index < -0.39 is 5.54 Å². The first-order valence-corrected chi connectivity index (χ1v) is 9.08. The van der Waals surface area contributed by atoms with Gasteiger partial charge in [0.25, 0.3) is 5.91 Å². The maximum absolute atomic E-state index is 13.2. The molecule has 2 heterocycles. The summed E-state index contributed by atoms with van der Waals surface area (Å²) < 4.78 is 5.28. The van der Waals surface area contributed by atoms with Gasteiger partial charge in [0.1, 0.15) is 12.1 Å². The molecule has 0 unspecified atom stereocenters. The predicted molar refractivity (Wildman–Crippen MR) is 111 cm³/mol. The standard InChI is InChI=1S/C20H20N4O3S/c1-13-11-14(5-7-16(13)21-4)23-18(26)20(2,3)24(19(23)28)15-6-8-17(22-12-15)27-10-9-25/h5-8,11-12,25H,9-10H2,1-3H3. The van der Waals surface area contributed by atoms with E-state index in [1.807, 2.05) is 6.92 Å². The number of aryl methyl sites for hydroxylation is 1. The van der Waals surface area contributed by atoms with E-state index in [9.17, 15) is 4.79 Å². The smallest absolute Gasteiger partial charge is 0.259 e. The van der Waals surface area contributed by atoms with Crippen molar-refractivity contribution in [2.45, 2.75) is 26.3 Å². The van der Waals surface area contributed by atoms with Crippen molar-refractivity contribution in [3.63, 3.8) is 0 Å². The highest BCUT2D eigenvalue weighted by Crippen LogP contribution is 2.37. The molecule has 1 aliphatic rings. The first-order chi connectivity index (χ1) is 13.3. The van der Waals surface area contributed by atoms with Crippen LogP contribution in [0.5, 0.6) is 5.88 Å². The van der Waals surface area contributed by atoms with Gasteiger partial charge in [-0.1, -0.05) is 6.07 Å². The lowest BCUT2D eigenvalue weighted by Crippen LogP contribution is -2.44. The van der Waals surface area contributed by atoms with E-state index in [0.29, 0.717) is 28.1 Å². The molecule has 1 saturated heterocycles. The third-order valence-corrected chi connectivity index (χ3v) is 4.91. The summed E-state index contributed by atoms with van der Waals surface area (Å²) in [7, 11) is 0. The second kappa shape index (κ2) is 7.54. The molecule has 0 aliphatic carbocycles. The number of nitrogens with zero attached hydrogens (tertiary/aromatic N) is 4. The highest BCUT2D eigenvalue weighted by molar-refractivity contribution is 7.81. The molecule has 144 valence electrons. The van der Waals surface area contributed by atoms with Crippen LogP contribution >= 0.6 is 12.2 Å². The van der Waals surface area contributed by atoms with Crippen molar-refractivity contribution in [2.24, 2.45) is 0 Å². The van der Waals surface area contributed by atoms with E-state index in [1.54, 1.807) is 55.3 Å². The van der Waals surface area contributed by atoms with Gasteiger partial charge in [-0.05, 0) is 56.8 Å². The van der Waals surface area contributed by atoms with Crippen molar-refractivity contribution < 1.29 is 14.6 Å². The fourth-order valence-corrected chi connectivity index (χ4v) is 3.62. The minimum atomic E-state index is -0.904. The van der Waals surface area contributed by atoms with Gasteiger partial charge in [-0.3, -0.25) is 9.69 Å². The lowest BCUT2D eigenvalue weighted by molar-refractivity contribution is -0.120. The lowest BCUT2D eigenvalue weighted by Gasteiger charge is -2.29. The fraction of sp³-hybridized carbons (Fsp3) is 0.300. The Morgan fingerprint density at radius 3 is 2.57 bits per heavy atom. The van der Waals surface area contributed by atoms with E-state index in [-0.39, 0.29) is 19.1 Å². The Hall–Kier alpha value is -3.02. The first kappa shape index (κ1) is 19.7. The first-order valence-electron chi connectivity index (χ1n) is 8.68. The molecule has 7 nitrogen and oxygen atoms in total. The molecule has 1 N–H and O–H groups in total. The number of hydrogen-bond acceptors (Lipinski definition) is 5. The molecule has 0 radical (unpaired) electrons. The summed E-state index contributed by atoms with van der Waals surface area (Å²) in [4.78, 5) is 24.1. The summed E-state index contributed by atoms with van der Waals surface area (Å²) in [6.45, 7) is 12.7. The minimum Gasteiger partial charge on any atom is -0.475 e. The molecule has 0 saturated carbocycles. The molecule has 3 rings (SSSR count). The van der Waals surface area contributed by atoms with Gasteiger partial charge in [-0.15, -0.1) is 0 Å². The largest absolute Gasteiger partial charge is 0.475 e. The average molecular weight is 396 g/mol. The van der Waals surface area contributed by atoms with E-state index in [4.69, 9.17) is 28.6 Å². The maximum atomic E-state index is 13.2. The Balaban J connectivity index is 1.96. The number of carbonyl (C=O) groups is 1. The quantitative estimate of drug-likeness (QED) is 0.618. The Morgan fingerprint density at radius 1 is 1.29 bits per heavy atom. The molecule has 0 bridgehead atoms. The number of aromatic nitrogens is 1. The molecular weight excluding hydrogens is 376 g/mol. The van der Waals surface area contributed by atoms with Crippen LogP contribution < -0.4 is 14.5 Å². The zero-order chi connectivity index (χ0) is 20.5. The number of thiocarbonyl (C=S) groups is 1.